The Morgan fingerprint density at radius 2 is 1.83 bits per heavy atom. The summed E-state index contributed by atoms with van der Waals surface area (Å²) < 4.78 is 37.3. The van der Waals surface area contributed by atoms with Gasteiger partial charge in [-0.1, -0.05) is 22.9 Å². The molecule has 0 unspecified atom stereocenters. The molecular weight excluding hydrogens is 341 g/mol. The van der Waals surface area contributed by atoms with Crippen LogP contribution in [0.3, 0.4) is 0 Å². The first-order valence-electron chi connectivity index (χ1n) is 6.66. The Labute approximate surface area is 138 Å². The van der Waals surface area contributed by atoms with E-state index >= 15 is 0 Å². The monoisotopic (exact) mass is 355 g/mol. The normalized spacial score (nSPS) is 11.0. The minimum Gasteiger partial charge on any atom is -0.358 e. The SMILES string of the molecule is CCSc1ccccc1C(=O)Nc1ccc(OS(=O)(=O)F)cc1. The molecule has 1 N–H and O–H groups in total. The third kappa shape index (κ3) is 5.26. The zero-order valence-electron chi connectivity index (χ0n) is 12.2. The molecule has 0 saturated carbocycles. The van der Waals surface area contributed by atoms with Gasteiger partial charge in [-0.05, 0) is 42.2 Å². The molecule has 2 aromatic rings. The smallest absolute Gasteiger partial charge is 0.358 e. The standard InChI is InChI=1S/C15H14FNO4S2/c1-2-22-14-6-4-3-5-13(14)15(18)17-11-7-9-12(10-8-11)21-23(16,19)20/h3-10H,2H2,1H3,(H,17,18). The van der Waals surface area contributed by atoms with E-state index in [0.29, 0.717) is 11.3 Å². The molecule has 5 nitrogen and oxygen atoms in total. The first-order chi connectivity index (χ1) is 10.9. The van der Waals surface area contributed by atoms with Crippen molar-refractivity contribution in [2.24, 2.45) is 0 Å². The number of halogens is 1. The molecule has 0 aromatic heterocycles. The van der Waals surface area contributed by atoms with Gasteiger partial charge >= 0.3 is 10.5 Å². The fourth-order valence-corrected chi connectivity index (χ4v) is 2.99. The van der Waals surface area contributed by atoms with Crippen LogP contribution in [0.15, 0.2) is 53.4 Å². The summed E-state index contributed by atoms with van der Waals surface area (Å²) in [7, 11) is -5.06. The van der Waals surface area contributed by atoms with Crippen molar-refractivity contribution in [1.29, 1.82) is 0 Å². The van der Waals surface area contributed by atoms with E-state index in [2.05, 4.69) is 9.50 Å². The lowest BCUT2D eigenvalue weighted by atomic mass is 10.2. The van der Waals surface area contributed by atoms with E-state index in [0.717, 1.165) is 10.6 Å². The van der Waals surface area contributed by atoms with Gasteiger partial charge in [0.15, 0.2) is 0 Å². The zero-order valence-corrected chi connectivity index (χ0v) is 13.8. The summed E-state index contributed by atoms with van der Waals surface area (Å²) in [6.45, 7) is 2.00. The summed E-state index contributed by atoms with van der Waals surface area (Å²) in [5.74, 6) is 0.384. The molecule has 2 rings (SSSR count). The summed E-state index contributed by atoms with van der Waals surface area (Å²) in [4.78, 5) is 13.2. The summed E-state index contributed by atoms with van der Waals surface area (Å²) in [5.41, 5.74) is 0.987. The Kier molecular flexibility index (Phi) is 5.62. The molecular formula is C15H14FNO4S2. The lowest BCUT2D eigenvalue weighted by molar-refractivity contribution is 0.102. The molecule has 23 heavy (non-hydrogen) atoms. The van der Waals surface area contributed by atoms with Crippen LogP contribution >= 0.6 is 11.8 Å². The van der Waals surface area contributed by atoms with Crippen LogP contribution < -0.4 is 9.50 Å². The van der Waals surface area contributed by atoms with Crippen molar-refractivity contribution in [2.75, 3.05) is 11.1 Å². The largest absolute Gasteiger partial charge is 0.488 e. The summed E-state index contributed by atoms with van der Waals surface area (Å²) in [6, 6.07) is 12.6. The van der Waals surface area contributed by atoms with Gasteiger partial charge in [0, 0.05) is 10.6 Å². The van der Waals surface area contributed by atoms with Crippen LogP contribution in [0.5, 0.6) is 5.75 Å². The minimum atomic E-state index is -5.06. The average molecular weight is 355 g/mol. The Morgan fingerprint density at radius 3 is 2.43 bits per heavy atom. The zero-order chi connectivity index (χ0) is 16.9. The maximum atomic E-state index is 12.4. The fourth-order valence-electron chi connectivity index (χ4n) is 1.84. The van der Waals surface area contributed by atoms with Crippen molar-refractivity contribution in [3.05, 3.63) is 54.1 Å². The molecule has 2 aromatic carbocycles. The van der Waals surface area contributed by atoms with Crippen LogP contribution in [-0.4, -0.2) is 20.1 Å². The summed E-state index contributed by atoms with van der Waals surface area (Å²) >= 11 is 1.56. The lowest BCUT2D eigenvalue weighted by Crippen LogP contribution is -2.13. The van der Waals surface area contributed by atoms with Crippen molar-refractivity contribution >= 4 is 33.9 Å². The summed E-state index contributed by atoms with van der Waals surface area (Å²) in [6.07, 6.45) is 0. The van der Waals surface area contributed by atoms with Gasteiger partial charge in [0.1, 0.15) is 5.75 Å². The van der Waals surface area contributed by atoms with Crippen LogP contribution in [0.1, 0.15) is 17.3 Å². The molecule has 0 bridgehead atoms. The second-order valence-electron chi connectivity index (χ2n) is 4.38. The lowest BCUT2D eigenvalue weighted by Gasteiger charge is -2.09. The number of hydrogen-bond acceptors (Lipinski definition) is 5. The number of carbonyl (C=O) groups is 1. The first kappa shape index (κ1) is 17.3. The van der Waals surface area contributed by atoms with Gasteiger partial charge in [0.25, 0.3) is 5.91 Å². The number of rotatable bonds is 6. The molecule has 0 aliphatic carbocycles. The second kappa shape index (κ2) is 7.47. The van der Waals surface area contributed by atoms with Crippen molar-refractivity contribution in [1.82, 2.24) is 0 Å². The quantitative estimate of drug-likeness (QED) is 0.633. The van der Waals surface area contributed by atoms with Gasteiger partial charge in [-0.25, -0.2) is 0 Å². The Morgan fingerprint density at radius 1 is 1.17 bits per heavy atom. The van der Waals surface area contributed by atoms with Gasteiger partial charge in [0.2, 0.25) is 0 Å². The number of amides is 1. The topological polar surface area (TPSA) is 72.5 Å². The van der Waals surface area contributed by atoms with E-state index < -0.39 is 10.5 Å². The molecule has 0 radical (unpaired) electrons. The van der Waals surface area contributed by atoms with Gasteiger partial charge in [-0.15, -0.1) is 11.8 Å². The fraction of sp³-hybridized carbons (Fsp3) is 0.133. The van der Waals surface area contributed by atoms with Gasteiger partial charge in [0.05, 0.1) is 5.56 Å². The van der Waals surface area contributed by atoms with E-state index in [-0.39, 0.29) is 11.7 Å². The number of thioether (sulfide) groups is 1. The molecule has 8 heteroatoms. The average Bonchev–Trinajstić information content (AvgIpc) is 2.48. The maximum absolute atomic E-state index is 12.4. The summed E-state index contributed by atoms with van der Waals surface area (Å²) in [5, 5.41) is 2.70. The van der Waals surface area contributed by atoms with Crippen LogP contribution in [0.2, 0.25) is 0 Å². The number of nitrogens with one attached hydrogen (secondary N) is 1. The Bertz CT molecular complexity index is 791. The van der Waals surface area contributed by atoms with Crippen LogP contribution in [-0.2, 0) is 10.5 Å². The molecule has 0 aliphatic rings. The Hall–Kier alpha value is -2.06. The highest BCUT2D eigenvalue weighted by molar-refractivity contribution is 7.99. The van der Waals surface area contributed by atoms with Gasteiger partial charge < -0.3 is 9.50 Å². The third-order valence-electron chi connectivity index (χ3n) is 2.74. The highest BCUT2D eigenvalue weighted by atomic mass is 32.3. The van der Waals surface area contributed by atoms with Gasteiger partial charge in [-0.3, -0.25) is 4.79 Å². The van der Waals surface area contributed by atoms with E-state index in [4.69, 9.17) is 0 Å². The molecule has 0 atom stereocenters. The predicted molar refractivity (Wildman–Crippen MR) is 87.9 cm³/mol. The highest BCUT2D eigenvalue weighted by Gasteiger charge is 2.12. The Balaban J connectivity index is 2.12. The number of carbonyl (C=O) groups excluding carboxylic acids is 1. The number of hydrogen-bond donors (Lipinski definition) is 1. The minimum absolute atomic E-state index is 0.174. The van der Waals surface area contributed by atoms with Crippen molar-refractivity contribution in [2.45, 2.75) is 11.8 Å². The van der Waals surface area contributed by atoms with Gasteiger partial charge in [-0.2, -0.15) is 8.42 Å². The van der Waals surface area contributed by atoms with Crippen molar-refractivity contribution in [3.63, 3.8) is 0 Å². The molecule has 0 heterocycles. The predicted octanol–water partition coefficient (Wildman–Crippen LogP) is 3.64. The van der Waals surface area contributed by atoms with Crippen LogP contribution in [0.25, 0.3) is 0 Å². The number of benzene rings is 2. The van der Waals surface area contributed by atoms with Crippen LogP contribution in [0.4, 0.5) is 9.57 Å². The number of anilines is 1. The molecule has 0 aliphatic heterocycles. The maximum Gasteiger partial charge on any atom is 0.488 e. The van der Waals surface area contributed by atoms with E-state index in [9.17, 15) is 17.1 Å². The van der Waals surface area contributed by atoms with E-state index in [1.807, 2.05) is 19.1 Å². The van der Waals surface area contributed by atoms with Crippen LogP contribution in [0, 0.1) is 0 Å². The van der Waals surface area contributed by atoms with Crippen molar-refractivity contribution in [3.8, 4) is 5.75 Å². The molecule has 0 fully saturated rings. The van der Waals surface area contributed by atoms with E-state index in [1.165, 1.54) is 24.3 Å². The van der Waals surface area contributed by atoms with Crippen molar-refractivity contribution < 1.29 is 21.3 Å². The molecule has 0 spiro atoms. The molecule has 1 amide bonds. The second-order valence-corrected chi connectivity index (χ2v) is 6.64. The van der Waals surface area contributed by atoms with E-state index in [1.54, 1.807) is 23.9 Å². The molecule has 122 valence electrons. The third-order valence-corrected chi connectivity index (χ3v) is 4.09. The molecule has 0 saturated heterocycles. The first-order valence-corrected chi connectivity index (χ1v) is 8.96. The highest BCUT2D eigenvalue weighted by Crippen LogP contribution is 2.24.